The first kappa shape index (κ1) is 9.43. The van der Waals surface area contributed by atoms with Gasteiger partial charge < -0.3 is 5.11 Å². The Morgan fingerprint density at radius 3 is 2.70 bits per heavy atom. The fourth-order valence-corrected chi connectivity index (χ4v) is 0.424. The first-order valence-electron chi connectivity index (χ1n) is 2.75. The van der Waals surface area contributed by atoms with Crippen molar-refractivity contribution in [3.05, 3.63) is 11.1 Å². The normalized spacial score (nSPS) is 14.9. The maximum Gasteiger partial charge on any atom is 0.307 e. The fourth-order valence-electron chi connectivity index (χ4n) is 0.347. The maximum absolute atomic E-state index is 12.2. The number of rotatable bonds is 3. The molecular formula is C6H8ClFO2. The molecule has 0 heterocycles. The molecule has 58 valence electrons. The first-order chi connectivity index (χ1) is 4.54. The fraction of sp³-hybridized carbons (Fsp3) is 0.500. The van der Waals surface area contributed by atoms with Crippen LogP contribution in [0.15, 0.2) is 11.1 Å². The molecule has 10 heavy (non-hydrogen) atoms. The summed E-state index contributed by atoms with van der Waals surface area (Å²) in [5, 5.41) is 8.07. The van der Waals surface area contributed by atoms with Gasteiger partial charge in [-0.1, -0.05) is 17.7 Å². The molecule has 0 aliphatic heterocycles. The largest absolute Gasteiger partial charge is 0.481 e. The molecule has 0 bridgehead atoms. The monoisotopic (exact) mass is 166 g/mol. The summed E-state index contributed by atoms with van der Waals surface area (Å²) in [4.78, 5) is 9.90. The Balaban J connectivity index is 3.80. The van der Waals surface area contributed by atoms with Crippen LogP contribution < -0.4 is 0 Å². The van der Waals surface area contributed by atoms with E-state index in [1.54, 1.807) is 0 Å². The van der Waals surface area contributed by atoms with Gasteiger partial charge in [0, 0.05) is 5.03 Å². The van der Waals surface area contributed by atoms with E-state index in [1.807, 2.05) is 0 Å². The molecule has 0 aliphatic carbocycles. The van der Waals surface area contributed by atoms with Crippen LogP contribution in [0, 0.1) is 0 Å². The van der Waals surface area contributed by atoms with Crippen molar-refractivity contribution in [3.63, 3.8) is 0 Å². The van der Waals surface area contributed by atoms with Crippen molar-refractivity contribution in [2.24, 2.45) is 0 Å². The molecule has 1 atom stereocenters. The maximum atomic E-state index is 12.2. The summed E-state index contributed by atoms with van der Waals surface area (Å²) in [6.45, 7) is 1.25. The Morgan fingerprint density at radius 1 is 1.90 bits per heavy atom. The number of carboxylic acid groups (broad SMARTS) is 1. The SMILES string of the molecule is C[C@@H](F)/C(Cl)=C\CC(=O)O. The Kier molecular flexibility index (Phi) is 4.03. The van der Waals surface area contributed by atoms with Gasteiger partial charge in [0.25, 0.3) is 0 Å². The van der Waals surface area contributed by atoms with Crippen LogP contribution in [-0.4, -0.2) is 17.2 Å². The zero-order valence-corrected chi connectivity index (χ0v) is 6.23. The predicted octanol–water partition coefficient (Wildman–Crippen LogP) is 1.94. The van der Waals surface area contributed by atoms with E-state index in [-0.39, 0.29) is 11.5 Å². The average Bonchev–Trinajstić information content (AvgIpc) is 1.82. The zero-order valence-electron chi connectivity index (χ0n) is 5.47. The lowest BCUT2D eigenvalue weighted by molar-refractivity contribution is -0.136. The molecule has 0 saturated carbocycles. The van der Waals surface area contributed by atoms with E-state index >= 15 is 0 Å². The van der Waals surface area contributed by atoms with Gasteiger partial charge in [-0.3, -0.25) is 4.79 Å². The number of carboxylic acids is 1. The summed E-state index contributed by atoms with van der Waals surface area (Å²) in [6, 6.07) is 0. The highest BCUT2D eigenvalue weighted by molar-refractivity contribution is 6.30. The quantitative estimate of drug-likeness (QED) is 0.696. The summed E-state index contributed by atoms with van der Waals surface area (Å²) in [5.74, 6) is -1.01. The number of hydrogen-bond donors (Lipinski definition) is 1. The minimum Gasteiger partial charge on any atom is -0.481 e. The number of hydrogen-bond acceptors (Lipinski definition) is 1. The van der Waals surface area contributed by atoms with Gasteiger partial charge in [-0.25, -0.2) is 4.39 Å². The molecule has 0 saturated heterocycles. The van der Waals surface area contributed by atoms with Crippen molar-refractivity contribution in [2.75, 3.05) is 0 Å². The molecule has 0 aromatic rings. The van der Waals surface area contributed by atoms with Gasteiger partial charge >= 0.3 is 5.97 Å². The van der Waals surface area contributed by atoms with Gasteiger partial charge in [-0.2, -0.15) is 0 Å². The topological polar surface area (TPSA) is 37.3 Å². The standard InChI is InChI=1S/C6H8ClFO2/c1-4(8)5(7)2-3-6(9)10/h2,4H,3H2,1H3,(H,9,10)/b5-2+/t4-/m1/s1. The van der Waals surface area contributed by atoms with Crippen LogP contribution in [-0.2, 0) is 4.79 Å². The number of alkyl halides is 1. The van der Waals surface area contributed by atoms with Gasteiger partial charge in [0.2, 0.25) is 0 Å². The lowest BCUT2D eigenvalue weighted by Crippen LogP contribution is -1.95. The van der Waals surface area contributed by atoms with Crippen LogP contribution in [0.3, 0.4) is 0 Å². The third kappa shape index (κ3) is 4.32. The molecular weight excluding hydrogens is 159 g/mol. The second kappa shape index (κ2) is 4.28. The lowest BCUT2D eigenvalue weighted by Gasteiger charge is -1.95. The molecule has 0 amide bonds. The van der Waals surface area contributed by atoms with Crippen molar-refractivity contribution in [2.45, 2.75) is 19.5 Å². The molecule has 0 aromatic carbocycles. The lowest BCUT2D eigenvalue weighted by atomic mass is 10.3. The van der Waals surface area contributed by atoms with E-state index < -0.39 is 12.1 Å². The highest BCUT2D eigenvalue weighted by atomic mass is 35.5. The molecule has 2 nitrogen and oxygen atoms in total. The number of carbonyl (C=O) groups is 1. The third-order valence-electron chi connectivity index (χ3n) is 0.852. The highest BCUT2D eigenvalue weighted by Gasteiger charge is 2.02. The van der Waals surface area contributed by atoms with Crippen molar-refractivity contribution in [3.8, 4) is 0 Å². The van der Waals surface area contributed by atoms with E-state index in [4.69, 9.17) is 16.7 Å². The van der Waals surface area contributed by atoms with Crippen LogP contribution in [0.5, 0.6) is 0 Å². The van der Waals surface area contributed by atoms with Crippen LogP contribution in [0.1, 0.15) is 13.3 Å². The Labute approximate surface area is 63.3 Å². The molecule has 0 spiro atoms. The number of halogens is 2. The van der Waals surface area contributed by atoms with Gasteiger partial charge in [-0.15, -0.1) is 0 Å². The first-order valence-corrected chi connectivity index (χ1v) is 3.13. The van der Waals surface area contributed by atoms with Crippen molar-refractivity contribution < 1.29 is 14.3 Å². The second-order valence-electron chi connectivity index (χ2n) is 1.80. The van der Waals surface area contributed by atoms with Crippen LogP contribution >= 0.6 is 11.6 Å². The van der Waals surface area contributed by atoms with Crippen LogP contribution in [0.2, 0.25) is 0 Å². The Hall–Kier alpha value is -0.570. The third-order valence-corrected chi connectivity index (χ3v) is 1.31. The molecule has 0 aromatic heterocycles. The van der Waals surface area contributed by atoms with Crippen LogP contribution in [0.4, 0.5) is 4.39 Å². The van der Waals surface area contributed by atoms with E-state index in [0.717, 1.165) is 6.08 Å². The molecule has 1 N–H and O–H groups in total. The van der Waals surface area contributed by atoms with Gasteiger partial charge in [-0.05, 0) is 6.92 Å². The predicted molar refractivity (Wildman–Crippen MR) is 36.8 cm³/mol. The van der Waals surface area contributed by atoms with Gasteiger partial charge in [0.1, 0.15) is 6.17 Å². The zero-order chi connectivity index (χ0) is 8.15. The van der Waals surface area contributed by atoms with Crippen molar-refractivity contribution >= 4 is 17.6 Å². The van der Waals surface area contributed by atoms with E-state index in [2.05, 4.69) is 0 Å². The minimum atomic E-state index is -1.28. The van der Waals surface area contributed by atoms with E-state index in [1.165, 1.54) is 6.92 Å². The molecule has 4 heteroatoms. The second-order valence-corrected chi connectivity index (χ2v) is 2.24. The molecule has 0 rings (SSSR count). The van der Waals surface area contributed by atoms with Gasteiger partial charge in [0.15, 0.2) is 0 Å². The molecule has 0 radical (unpaired) electrons. The van der Waals surface area contributed by atoms with Crippen molar-refractivity contribution in [1.29, 1.82) is 0 Å². The molecule has 0 unspecified atom stereocenters. The van der Waals surface area contributed by atoms with Crippen LogP contribution in [0.25, 0.3) is 0 Å². The van der Waals surface area contributed by atoms with E-state index in [0.29, 0.717) is 0 Å². The summed E-state index contributed by atoms with van der Waals surface area (Å²) in [7, 11) is 0. The minimum absolute atomic E-state index is 0.0533. The highest BCUT2D eigenvalue weighted by Crippen LogP contribution is 2.11. The summed E-state index contributed by atoms with van der Waals surface area (Å²) >= 11 is 5.28. The van der Waals surface area contributed by atoms with Gasteiger partial charge in [0.05, 0.1) is 6.42 Å². The van der Waals surface area contributed by atoms with Crippen molar-refractivity contribution in [1.82, 2.24) is 0 Å². The summed E-state index contributed by atoms with van der Waals surface area (Å²) < 4.78 is 12.2. The number of aliphatic carboxylic acids is 1. The summed E-state index contributed by atoms with van der Waals surface area (Å²) in [5.41, 5.74) is 0. The number of allylic oxidation sites excluding steroid dienone is 1. The Morgan fingerprint density at radius 2 is 2.40 bits per heavy atom. The molecule has 0 aliphatic rings. The average molecular weight is 167 g/mol. The summed E-state index contributed by atoms with van der Waals surface area (Å²) in [6.07, 6.45) is -0.359. The molecule has 0 fully saturated rings. The van der Waals surface area contributed by atoms with E-state index in [9.17, 15) is 9.18 Å². The Bertz CT molecular complexity index is 154. The smallest absolute Gasteiger partial charge is 0.307 e.